The average molecular weight is 694 g/mol. The van der Waals surface area contributed by atoms with Crippen LogP contribution in [0.1, 0.15) is 0 Å². The molecule has 0 N–H and O–H groups in total. The highest BCUT2D eigenvalue weighted by Crippen LogP contribution is 2.46. The number of anilines is 3. The standard InChI is InChI=1S/C50H31NOS/c1-3-13-38-32(10-1)12-7-16-39(38)34-22-27-36(28-23-34)51(45-19-8-18-43-42-15-5-6-21-47(42)53-50(43)45)37-29-24-35(25-30-37)40-17-9-20-46-48(40)44-31-26-33-11-2-4-14-41(33)49(44)52-46/h1-31H. The van der Waals surface area contributed by atoms with Crippen LogP contribution in [0.25, 0.3) is 85.9 Å². The van der Waals surface area contributed by atoms with E-state index in [1.807, 2.05) is 11.3 Å². The van der Waals surface area contributed by atoms with E-state index in [4.69, 9.17) is 4.42 Å². The first-order valence-corrected chi connectivity index (χ1v) is 18.8. The molecular weight excluding hydrogens is 663 g/mol. The molecule has 0 spiro atoms. The summed E-state index contributed by atoms with van der Waals surface area (Å²) in [6.07, 6.45) is 0. The first-order chi connectivity index (χ1) is 26.3. The molecule has 0 aliphatic rings. The van der Waals surface area contributed by atoms with Crippen molar-refractivity contribution in [3.63, 3.8) is 0 Å². The fourth-order valence-corrected chi connectivity index (χ4v) is 9.39. The molecule has 3 heteroatoms. The summed E-state index contributed by atoms with van der Waals surface area (Å²) in [6.45, 7) is 0. The first-order valence-electron chi connectivity index (χ1n) is 18.0. The van der Waals surface area contributed by atoms with Gasteiger partial charge < -0.3 is 9.32 Å². The van der Waals surface area contributed by atoms with Gasteiger partial charge in [-0.1, -0.05) is 140 Å². The Morgan fingerprint density at radius 1 is 0.396 bits per heavy atom. The largest absolute Gasteiger partial charge is 0.455 e. The summed E-state index contributed by atoms with van der Waals surface area (Å²) in [4.78, 5) is 2.41. The van der Waals surface area contributed by atoms with Crippen molar-refractivity contribution in [3.8, 4) is 22.3 Å². The lowest BCUT2D eigenvalue weighted by Gasteiger charge is -2.26. The zero-order valence-electron chi connectivity index (χ0n) is 28.7. The van der Waals surface area contributed by atoms with Crippen LogP contribution in [0.15, 0.2) is 192 Å². The van der Waals surface area contributed by atoms with E-state index in [9.17, 15) is 0 Å². The van der Waals surface area contributed by atoms with Gasteiger partial charge in [0.1, 0.15) is 11.2 Å². The lowest BCUT2D eigenvalue weighted by Crippen LogP contribution is -2.10. The number of nitrogens with zero attached hydrogens (tertiary/aromatic N) is 1. The summed E-state index contributed by atoms with van der Waals surface area (Å²) in [5, 5.41) is 9.70. The molecule has 0 saturated carbocycles. The van der Waals surface area contributed by atoms with Gasteiger partial charge in [0.2, 0.25) is 0 Å². The van der Waals surface area contributed by atoms with Crippen molar-refractivity contribution in [3.05, 3.63) is 188 Å². The van der Waals surface area contributed by atoms with Crippen LogP contribution in [0, 0.1) is 0 Å². The molecule has 0 radical (unpaired) electrons. The second kappa shape index (κ2) is 11.9. The van der Waals surface area contributed by atoms with Gasteiger partial charge in [0, 0.05) is 43.0 Å². The maximum Gasteiger partial charge on any atom is 0.143 e. The van der Waals surface area contributed by atoms with Gasteiger partial charge in [-0.25, -0.2) is 0 Å². The second-order valence-electron chi connectivity index (χ2n) is 13.7. The number of benzene rings is 9. The van der Waals surface area contributed by atoms with Crippen molar-refractivity contribution in [2.24, 2.45) is 0 Å². The van der Waals surface area contributed by atoms with Gasteiger partial charge in [-0.15, -0.1) is 11.3 Å². The van der Waals surface area contributed by atoms with Crippen molar-refractivity contribution in [2.45, 2.75) is 0 Å². The molecule has 0 fully saturated rings. The number of rotatable bonds is 5. The summed E-state index contributed by atoms with van der Waals surface area (Å²) < 4.78 is 9.10. The maximum atomic E-state index is 6.53. The molecule has 0 aliphatic carbocycles. The zero-order valence-corrected chi connectivity index (χ0v) is 29.5. The quantitative estimate of drug-likeness (QED) is 0.178. The predicted octanol–water partition coefficient (Wildman–Crippen LogP) is 15.1. The third-order valence-electron chi connectivity index (χ3n) is 10.7. The fourth-order valence-electron chi connectivity index (χ4n) is 8.19. The molecule has 0 bridgehead atoms. The smallest absolute Gasteiger partial charge is 0.143 e. The van der Waals surface area contributed by atoms with E-state index in [0.717, 1.165) is 44.3 Å². The van der Waals surface area contributed by atoms with Crippen LogP contribution in [0.3, 0.4) is 0 Å². The van der Waals surface area contributed by atoms with Gasteiger partial charge in [-0.3, -0.25) is 0 Å². The molecule has 248 valence electrons. The fraction of sp³-hybridized carbons (Fsp3) is 0. The van der Waals surface area contributed by atoms with Crippen LogP contribution in [-0.4, -0.2) is 0 Å². The summed E-state index contributed by atoms with van der Waals surface area (Å²) in [7, 11) is 0. The summed E-state index contributed by atoms with van der Waals surface area (Å²) in [6, 6.07) is 67.9. The van der Waals surface area contributed by atoms with E-state index >= 15 is 0 Å². The molecule has 0 unspecified atom stereocenters. The van der Waals surface area contributed by atoms with Gasteiger partial charge in [0.15, 0.2) is 0 Å². The first kappa shape index (κ1) is 30.0. The molecule has 0 saturated heterocycles. The normalized spacial score (nSPS) is 11.8. The van der Waals surface area contributed by atoms with Crippen molar-refractivity contribution in [2.75, 3.05) is 4.90 Å². The highest BCUT2D eigenvalue weighted by Gasteiger charge is 2.20. The molecule has 2 aromatic heterocycles. The minimum absolute atomic E-state index is 0.905. The summed E-state index contributed by atoms with van der Waals surface area (Å²) in [5.74, 6) is 0. The Morgan fingerprint density at radius 2 is 0.981 bits per heavy atom. The third kappa shape index (κ3) is 4.78. The molecule has 2 heterocycles. The number of furan rings is 1. The SMILES string of the molecule is c1ccc2c(-c3ccc(N(c4ccc(-c5cccc6oc7c8ccccc8ccc7c56)cc4)c4cccc5c4sc4ccccc45)cc3)cccc2c1. The minimum atomic E-state index is 0.905. The summed E-state index contributed by atoms with van der Waals surface area (Å²) >= 11 is 1.86. The molecule has 2 nitrogen and oxygen atoms in total. The second-order valence-corrected chi connectivity index (χ2v) is 14.7. The molecule has 0 aliphatic heterocycles. The van der Waals surface area contributed by atoms with Crippen LogP contribution in [0.4, 0.5) is 17.1 Å². The monoisotopic (exact) mass is 693 g/mol. The van der Waals surface area contributed by atoms with E-state index in [2.05, 4.69) is 193 Å². The molecule has 11 aromatic rings. The average Bonchev–Trinajstić information content (AvgIpc) is 3.81. The molecule has 53 heavy (non-hydrogen) atoms. The van der Waals surface area contributed by atoms with Crippen molar-refractivity contribution in [1.29, 1.82) is 0 Å². The van der Waals surface area contributed by atoms with Crippen LogP contribution >= 0.6 is 11.3 Å². The Morgan fingerprint density at radius 3 is 1.77 bits per heavy atom. The molecular formula is C50H31NOS. The van der Waals surface area contributed by atoms with Crippen LogP contribution in [0.2, 0.25) is 0 Å². The summed E-state index contributed by atoms with van der Waals surface area (Å²) in [5.41, 5.74) is 10.00. The predicted molar refractivity (Wildman–Crippen MR) is 227 cm³/mol. The van der Waals surface area contributed by atoms with Gasteiger partial charge >= 0.3 is 0 Å². The van der Waals surface area contributed by atoms with Crippen molar-refractivity contribution >= 4 is 92.1 Å². The highest BCUT2D eigenvalue weighted by molar-refractivity contribution is 7.26. The highest BCUT2D eigenvalue weighted by atomic mass is 32.1. The van der Waals surface area contributed by atoms with Crippen LogP contribution in [0.5, 0.6) is 0 Å². The zero-order chi connectivity index (χ0) is 34.9. The number of fused-ring (bicyclic) bond motifs is 9. The molecule has 9 aromatic carbocycles. The number of hydrogen-bond acceptors (Lipinski definition) is 3. The molecule has 0 atom stereocenters. The van der Waals surface area contributed by atoms with Crippen LogP contribution < -0.4 is 4.90 Å². The Hall–Kier alpha value is -6.68. The third-order valence-corrected chi connectivity index (χ3v) is 11.9. The Balaban J connectivity index is 1.06. The van der Waals surface area contributed by atoms with Crippen molar-refractivity contribution < 1.29 is 4.42 Å². The van der Waals surface area contributed by atoms with E-state index < -0.39 is 0 Å². The number of hydrogen-bond donors (Lipinski definition) is 0. The topological polar surface area (TPSA) is 16.4 Å². The van der Waals surface area contributed by atoms with E-state index in [0.29, 0.717) is 0 Å². The molecule has 11 rings (SSSR count). The van der Waals surface area contributed by atoms with E-state index in [1.54, 1.807) is 0 Å². The Kier molecular flexibility index (Phi) is 6.76. The lowest BCUT2D eigenvalue weighted by molar-refractivity contribution is 0.673. The Labute approximate surface area is 310 Å². The van der Waals surface area contributed by atoms with E-state index in [-0.39, 0.29) is 0 Å². The minimum Gasteiger partial charge on any atom is -0.455 e. The molecule has 0 amide bonds. The van der Waals surface area contributed by atoms with E-state index in [1.165, 1.54) is 58.7 Å². The van der Waals surface area contributed by atoms with Gasteiger partial charge in [0.05, 0.1) is 10.4 Å². The number of thiophene rings is 1. The van der Waals surface area contributed by atoms with Crippen molar-refractivity contribution in [1.82, 2.24) is 0 Å². The maximum absolute atomic E-state index is 6.53. The van der Waals surface area contributed by atoms with Gasteiger partial charge in [-0.2, -0.15) is 0 Å². The van der Waals surface area contributed by atoms with Crippen LogP contribution in [-0.2, 0) is 0 Å². The van der Waals surface area contributed by atoms with Gasteiger partial charge in [0.25, 0.3) is 0 Å². The van der Waals surface area contributed by atoms with Gasteiger partial charge in [-0.05, 0) is 86.9 Å². The Bertz CT molecular complexity index is 3160. The lowest BCUT2D eigenvalue weighted by atomic mass is 9.97.